The van der Waals surface area contributed by atoms with Crippen LogP contribution < -0.4 is 5.32 Å². The average molecular weight is 391 g/mol. The lowest BCUT2D eigenvalue weighted by Crippen LogP contribution is -2.35. The van der Waals surface area contributed by atoms with Gasteiger partial charge in [-0.1, -0.05) is 29.8 Å². The highest BCUT2D eigenvalue weighted by Gasteiger charge is 2.40. The second-order valence-corrected chi connectivity index (χ2v) is 7.05. The monoisotopic (exact) mass is 391 g/mol. The zero-order valence-electron chi connectivity index (χ0n) is 15.2. The first kappa shape index (κ1) is 18.7. The van der Waals surface area contributed by atoms with E-state index in [0.717, 1.165) is 5.56 Å². The lowest BCUT2D eigenvalue weighted by atomic mass is 10.1. The van der Waals surface area contributed by atoms with Crippen molar-refractivity contribution >= 4 is 16.9 Å². The minimum absolute atomic E-state index is 0.135. The largest absolute Gasteiger partial charge is 0.368 e. The fourth-order valence-corrected chi connectivity index (χ4v) is 3.40. The first-order valence-corrected chi connectivity index (χ1v) is 9.05. The summed E-state index contributed by atoms with van der Waals surface area (Å²) in [6.07, 6.45) is 1.38. The number of halogens is 3. The normalized spacial score (nSPS) is 22.6. The Kier molecular flexibility index (Phi) is 4.92. The molecule has 0 radical (unpaired) electrons. The lowest BCUT2D eigenvalue weighted by Gasteiger charge is -2.23. The van der Waals surface area contributed by atoms with Gasteiger partial charge in [-0.05, 0) is 19.8 Å². The highest BCUT2D eigenvalue weighted by molar-refractivity contribution is 5.85. The molecule has 148 valence electrons. The summed E-state index contributed by atoms with van der Waals surface area (Å²) in [6, 6.07) is 5.40. The summed E-state index contributed by atoms with van der Waals surface area (Å²) >= 11 is 0. The van der Waals surface area contributed by atoms with E-state index >= 15 is 0 Å². The Balaban J connectivity index is 1.38. The van der Waals surface area contributed by atoms with Gasteiger partial charge in [0.25, 0.3) is 5.92 Å². The molecule has 3 atom stereocenters. The van der Waals surface area contributed by atoms with Gasteiger partial charge < -0.3 is 10.1 Å². The second-order valence-electron chi connectivity index (χ2n) is 7.05. The van der Waals surface area contributed by atoms with E-state index in [1.165, 1.54) is 18.5 Å². The minimum Gasteiger partial charge on any atom is -0.368 e. The molecular weight excluding hydrogens is 371 g/mol. The van der Waals surface area contributed by atoms with Gasteiger partial charge in [-0.15, -0.1) is 0 Å². The number of ether oxygens (including phenoxy) is 1. The van der Waals surface area contributed by atoms with Gasteiger partial charge in [-0.25, -0.2) is 14.4 Å². The number of nitrogens with zero attached hydrogens (tertiary/aromatic N) is 3. The molecule has 4 rings (SSSR count). The smallest absolute Gasteiger partial charge is 0.296 e. The Bertz CT molecular complexity index is 946. The van der Waals surface area contributed by atoms with Gasteiger partial charge in [0.1, 0.15) is 24.9 Å². The van der Waals surface area contributed by atoms with Crippen molar-refractivity contribution in [3.8, 4) is 0 Å². The lowest BCUT2D eigenvalue weighted by molar-refractivity contribution is -0.114. The van der Waals surface area contributed by atoms with Crippen molar-refractivity contribution in [2.24, 2.45) is 0 Å². The summed E-state index contributed by atoms with van der Waals surface area (Å²) in [6.45, 7) is 0.972. The molecule has 2 aromatic heterocycles. The number of H-pyrrole nitrogens is 1. The van der Waals surface area contributed by atoms with Crippen LogP contribution in [0.25, 0.3) is 11.0 Å². The van der Waals surface area contributed by atoms with Gasteiger partial charge in [-0.3, -0.25) is 5.10 Å². The molecule has 1 aliphatic carbocycles. The van der Waals surface area contributed by atoms with Crippen molar-refractivity contribution in [3.63, 3.8) is 0 Å². The van der Waals surface area contributed by atoms with E-state index < -0.39 is 30.8 Å². The fourth-order valence-electron chi connectivity index (χ4n) is 3.40. The maximum absolute atomic E-state index is 14.8. The molecule has 1 aliphatic rings. The number of alkyl halides is 3. The molecule has 2 heterocycles. The molecule has 1 fully saturated rings. The number of aromatic nitrogens is 4. The fraction of sp³-hybridized carbons (Fsp3) is 0.421. The molecule has 28 heavy (non-hydrogen) atoms. The predicted molar refractivity (Wildman–Crippen MR) is 98.0 cm³/mol. The van der Waals surface area contributed by atoms with Crippen molar-refractivity contribution in [1.82, 2.24) is 20.2 Å². The van der Waals surface area contributed by atoms with Crippen LogP contribution in [0.4, 0.5) is 19.0 Å². The Morgan fingerprint density at radius 2 is 2.00 bits per heavy atom. The number of hydrogen-bond donors (Lipinski definition) is 2. The van der Waals surface area contributed by atoms with Crippen LogP contribution in [-0.4, -0.2) is 45.1 Å². The summed E-state index contributed by atoms with van der Waals surface area (Å²) in [7, 11) is 0. The van der Waals surface area contributed by atoms with Gasteiger partial charge >= 0.3 is 0 Å². The van der Waals surface area contributed by atoms with E-state index in [-0.39, 0.29) is 5.56 Å². The van der Waals surface area contributed by atoms with E-state index in [2.05, 4.69) is 25.5 Å². The summed E-state index contributed by atoms with van der Waals surface area (Å²) in [4.78, 5) is 8.15. The van der Waals surface area contributed by atoms with Gasteiger partial charge in [0.2, 0.25) is 0 Å². The highest BCUT2D eigenvalue weighted by atomic mass is 19.3. The SMILES string of the molecule is Cc1ccc(C(F)(F)CO[C@H]2CCC(Nc3ncnc4[nH]ncc34)[C@@H]2F)cc1. The zero-order chi connectivity index (χ0) is 19.7. The maximum Gasteiger partial charge on any atom is 0.296 e. The molecule has 1 unspecified atom stereocenters. The minimum atomic E-state index is -3.17. The Morgan fingerprint density at radius 1 is 1.21 bits per heavy atom. The van der Waals surface area contributed by atoms with Crippen LogP contribution in [0.5, 0.6) is 0 Å². The van der Waals surface area contributed by atoms with Crippen LogP contribution in [0.1, 0.15) is 24.0 Å². The molecule has 0 spiro atoms. The molecule has 0 aliphatic heterocycles. The van der Waals surface area contributed by atoms with Gasteiger partial charge in [0.05, 0.1) is 23.7 Å². The predicted octanol–water partition coefficient (Wildman–Crippen LogP) is 3.75. The first-order valence-electron chi connectivity index (χ1n) is 9.05. The van der Waals surface area contributed by atoms with Crippen LogP contribution in [0, 0.1) is 6.92 Å². The Labute approximate surface area is 159 Å². The Hall–Kier alpha value is -2.68. The van der Waals surface area contributed by atoms with Crippen LogP contribution in [0.2, 0.25) is 0 Å². The van der Waals surface area contributed by atoms with Crippen molar-refractivity contribution < 1.29 is 17.9 Å². The average Bonchev–Trinajstić information content (AvgIpc) is 3.29. The molecule has 9 heteroatoms. The van der Waals surface area contributed by atoms with E-state index in [0.29, 0.717) is 29.7 Å². The van der Waals surface area contributed by atoms with Crippen LogP contribution in [0.15, 0.2) is 36.8 Å². The summed E-state index contributed by atoms with van der Waals surface area (Å²) < 4.78 is 48.8. The summed E-state index contributed by atoms with van der Waals surface area (Å²) in [5, 5.41) is 10.3. The van der Waals surface area contributed by atoms with E-state index in [1.807, 2.05) is 6.92 Å². The third kappa shape index (κ3) is 3.66. The molecule has 1 saturated carbocycles. The third-order valence-corrected chi connectivity index (χ3v) is 5.02. The molecule has 0 bridgehead atoms. The number of aromatic amines is 1. The Morgan fingerprint density at radius 3 is 2.79 bits per heavy atom. The highest BCUT2D eigenvalue weighted by Crippen LogP contribution is 2.33. The number of rotatable bonds is 6. The number of benzene rings is 1. The molecule has 3 aromatic rings. The third-order valence-electron chi connectivity index (χ3n) is 5.02. The van der Waals surface area contributed by atoms with Crippen molar-refractivity contribution in [2.75, 3.05) is 11.9 Å². The molecular formula is C19H20F3N5O. The standard InChI is InChI=1S/C19H20F3N5O/c1-11-2-4-12(5-3-11)19(21,22)9-28-15-7-6-14(16(15)20)26-17-13-8-25-27-18(13)24-10-23-17/h2-5,8,10,14-16H,6-7,9H2,1H3,(H2,23,24,25,26,27)/t14?,15-,16-/m0/s1. The van der Waals surface area contributed by atoms with Gasteiger partial charge in [0.15, 0.2) is 5.65 Å². The van der Waals surface area contributed by atoms with E-state index in [4.69, 9.17) is 4.74 Å². The van der Waals surface area contributed by atoms with E-state index in [1.54, 1.807) is 18.3 Å². The van der Waals surface area contributed by atoms with Crippen molar-refractivity contribution in [2.45, 2.75) is 44.0 Å². The molecule has 0 amide bonds. The zero-order valence-corrected chi connectivity index (χ0v) is 15.2. The number of nitrogens with one attached hydrogen (secondary N) is 2. The number of fused-ring (bicyclic) bond motifs is 1. The molecule has 0 saturated heterocycles. The van der Waals surface area contributed by atoms with Crippen LogP contribution >= 0.6 is 0 Å². The quantitative estimate of drug-likeness (QED) is 0.669. The molecule has 2 N–H and O–H groups in total. The van der Waals surface area contributed by atoms with Crippen LogP contribution in [0.3, 0.4) is 0 Å². The number of aryl methyl sites for hydroxylation is 1. The maximum atomic E-state index is 14.8. The van der Waals surface area contributed by atoms with Crippen LogP contribution in [-0.2, 0) is 10.7 Å². The van der Waals surface area contributed by atoms with Gasteiger partial charge in [-0.2, -0.15) is 13.9 Å². The molecule has 1 aromatic carbocycles. The topological polar surface area (TPSA) is 75.7 Å². The summed E-state index contributed by atoms with van der Waals surface area (Å²) in [5.41, 5.74) is 1.30. The molecule has 6 nitrogen and oxygen atoms in total. The summed E-state index contributed by atoms with van der Waals surface area (Å²) in [5.74, 6) is -2.72. The number of hydrogen-bond acceptors (Lipinski definition) is 5. The second kappa shape index (κ2) is 7.38. The van der Waals surface area contributed by atoms with Gasteiger partial charge in [0, 0.05) is 5.56 Å². The van der Waals surface area contributed by atoms with Crippen molar-refractivity contribution in [3.05, 3.63) is 47.9 Å². The van der Waals surface area contributed by atoms with Crippen molar-refractivity contribution in [1.29, 1.82) is 0 Å². The first-order chi connectivity index (χ1) is 13.4. The number of anilines is 1. The van der Waals surface area contributed by atoms with E-state index in [9.17, 15) is 13.2 Å².